The normalized spacial score (nSPS) is 11.6. The second-order valence-electron chi connectivity index (χ2n) is 6.14. The maximum atomic E-state index is 12.9. The number of nitrogens with two attached hydrogens (primary N) is 1. The van der Waals surface area contributed by atoms with E-state index in [1.807, 2.05) is 6.07 Å². The lowest BCUT2D eigenvalue weighted by Crippen LogP contribution is -2.47. The van der Waals surface area contributed by atoms with Crippen LogP contribution < -0.4 is 11.1 Å². The number of primary amides is 1. The minimum absolute atomic E-state index is 0.128. The van der Waals surface area contributed by atoms with Crippen molar-refractivity contribution in [3.05, 3.63) is 71.7 Å². The quantitative estimate of drug-likeness (QED) is 0.599. The molecule has 8 heteroatoms. The molecule has 0 aliphatic carbocycles. The first kappa shape index (κ1) is 19.0. The number of aryl methyl sites for hydroxylation is 1. The highest BCUT2D eigenvalue weighted by Gasteiger charge is 2.29. The number of hydrogen-bond donors (Lipinski definition) is 2. The van der Waals surface area contributed by atoms with Crippen LogP contribution in [-0.2, 0) is 16.0 Å². The molecule has 1 atom stereocenters. The number of carbonyl (C=O) groups is 3. The number of rotatable bonds is 7. The van der Waals surface area contributed by atoms with Crippen molar-refractivity contribution in [1.82, 2.24) is 15.5 Å². The minimum Gasteiger partial charge on any atom is -0.363 e. The first-order valence-electron chi connectivity index (χ1n) is 8.52. The van der Waals surface area contributed by atoms with Crippen LogP contribution in [-0.4, -0.2) is 33.8 Å². The van der Waals surface area contributed by atoms with E-state index < -0.39 is 23.6 Å². The molecule has 28 heavy (non-hydrogen) atoms. The number of hydrogen-bond acceptors (Lipinski definition) is 6. The van der Waals surface area contributed by atoms with Crippen LogP contribution in [0, 0.1) is 6.92 Å². The van der Waals surface area contributed by atoms with Crippen LogP contribution >= 0.6 is 0 Å². The molecule has 0 radical (unpaired) electrons. The lowest BCUT2D eigenvalue weighted by molar-refractivity contribution is -0.137. The van der Waals surface area contributed by atoms with Gasteiger partial charge in [-0.2, -0.15) is 0 Å². The van der Waals surface area contributed by atoms with E-state index in [9.17, 15) is 14.4 Å². The van der Waals surface area contributed by atoms with Crippen molar-refractivity contribution in [2.24, 2.45) is 5.73 Å². The Balaban J connectivity index is 1.89. The van der Waals surface area contributed by atoms with Gasteiger partial charge in [-0.1, -0.05) is 35.5 Å². The van der Waals surface area contributed by atoms with Gasteiger partial charge in [-0.15, -0.1) is 0 Å². The van der Waals surface area contributed by atoms with Crippen molar-refractivity contribution < 1.29 is 18.9 Å². The maximum absolute atomic E-state index is 12.9. The lowest BCUT2D eigenvalue weighted by Gasteiger charge is -2.16. The molecule has 1 aromatic carbocycles. The van der Waals surface area contributed by atoms with Gasteiger partial charge in [0.25, 0.3) is 11.8 Å². The van der Waals surface area contributed by atoms with E-state index in [0.29, 0.717) is 11.3 Å². The molecule has 2 heterocycles. The fraction of sp³-hybridized carbons (Fsp3) is 0.150. The third-order valence-corrected chi connectivity index (χ3v) is 4.19. The van der Waals surface area contributed by atoms with Gasteiger partial charge in [-0.05, 0) is 24.6 Å². The van der Waals surface area contributed by atoms with E-state index in [0.717, 1.165) is 5.56 Å². The summed E-state index contributed by atoms with van der Waals surface area (Å²) in [5, 5.41) is 6.53. The molecule has 0 saturated heterocycles. The third-order valence-electron chi connectivity index (χ3n) is 4.19. The smallest absolute Gasteiger partial charge is 0.287 e. The fourth-order valence-corrected chi connectivity index (χ4v) is 2.81. The number of nitrogens with one attached hydrogen (secondary N) is 1. The Morgan fingerprint density at radius 1 is 1.11 bits per heavy atom. The van der Waals surface area contributed by atoms with Crippen molar-refractivity contribution in [3.63, 3.8) is 0 Å². The molecule has 3 N–H and O–H groups in total. The van der Waals surface area contributed by atoms with Crippen LogP contribution in [0.15, 0.2) is 59.4 Å². The average molecular weight is 378 g/mol. The summed E-state index contributed by atoms with van der Waals surface area (Å²) in [4.78, 5) is 40.5. The van der Waals surface area contributed by atoms with Gasteiger partial charge >= 0.3 is 0 Å². The number of pyridine rings is 1. The summed E-state index contributed by atoms with van der Waals surface area (Å²) in [6.07, 6.45) is 3.26. The Kier molecular flexibility index (Phi) is 5.59. The minimum atomic E-state index is -1.11. The Labute approximate surface area is 160 Å². The molecule has 1 unspecified atom stereocenters. The van der Waals surface area contributed by atoms with Crippen LogP contribution in [0.3, 0.4) is 0 Å². The highest BCUT2D eigenvalue weighted by Crippen LogP contribution is 2.24. The predicted molar refractivity (Wildman–Crippen MR) is 100 cm³/mol. The second-order valence-corrected chi connectivity index (χ2v) is 6.14. The molecule has 142 valence electrons. The number of carbonyl (C=O) groups excluding carboxylic acids is 3. The zero-order chi connectivity index (χ0) is 20.1. The van der Waals surface area contributed by atoms with E-state index in [4.69, 9.17) is 10.3 Å². The molecule has 0 bridgehead atoms. The number of aromatic nitrogens is 2. The van der Waals surface area contributed by atoms with E-state index >= 15 is 0 Å². The highest BCUT2D eigenvalue weighted by molar-refractivity contribution is 6.38. The monoisotopic (exact) mass is 378 g/mol. The predicted octanol–water partition coefficient (Wildman–Crippen LogP) is 1.44. The SMILES string of the molecule is Cc1onc(-c2ccncc2)c1C(=O)NC(Cc1ccccc1)C(=O)C(N)=O. The summed E-state index contributed by atoms with van der Waals surface area (Å²) >= 11 is 0. The summed E-state index contributed by atoms with van der Waals surface area (Å²) in [5.41, 5.74) is 7.08. The van der Waals surface area contributed by atoms with Gasteiger partial charge in [-0.25, -0.2) is 0 Å². The molecule has 3 aromatic rings. The Bertz CT molecular complexity index is 1000. The molecular formula is C20H18N4O4. The van der Waals surface area contributed by atoms with E-state index in [1.165, 1.54) is 0 Å². The molecule has 0 fully saturated rings. The lowest BCUT2D eigenvalue weighted by atomic mass is 10.0. The number of Topliss-reactive ketones (excluding diaryl/α,β-unsaturated/α-hetero) is 1. The summed E-state index contributed by atoms with van der Waals surface area (Å²) < 4.78 is 5.17. The van der Waals surface area contributed by atoms with Crippen molar-refractivity contribution in [3.8, 4) is 11.3 Å². The maximum Gasteiger partial charge on any atom is 0.287 e. The highest BCUT2D eigenvalue weighted by atomic mass is 16.5. The first-order chi connectivity index (χ1) is 13.5. The molecule has 0 aliphatic heterocycles. The van der Waals surface area contributed by atoms with Gasteiger partial charge in [0.05, 0.1) is 0 Å². The molecule has 0 spiro atoms. The first-order valence-corrected chi connectivity index (χ1v) is 8.52. The average Bonchev–Trinajstić information content (AvgIpc) is 3.10. The largest absolute Gasteiger partial charge is 0.363 e. The summed E-state index contributed by atoms with van der Waals surface area (Å²) in [5.74, 6) is -2.29. The van der Waals surface area contributed by atoms with Gasteiger partial charge in [-0.3, -0.25) is 19.4 Å². The number of nitrogens with zero attached hydrogens (tertiary/aromatic N) is 2. The molecule has 8 nitrogen and oxygen atoms in total. The number of benzene rings is 1. The molecule has 0 saturated carbocycles. The van der Waals surface area contributed by atoms with Crippen LogP contribution in [0.25, 0.3) is 11.3 Å². The number of amides is 2. The van der Waals surface area contributed by atoms with Crippen LogP contribution in [0.1, 0.15) is 21.7 Å². The van der Waals surface area contributed by atoms with Gasteiger partial charge in [0, 0.05) is 24.4 Å². The van der Waals surface area contributed by atoms with Crippen LogP contribution in [0.2, 0.25) is 0 Å². The molecular weight excluding hydrogens is 360 g/mol. The summed E-state index contributed by atoms with van der Waals surface area (Å²) in [7, 11) is 0. The Morgan fingerprint density at radius 2 is 1.79 bits per heavy atom. The molecule has 2 aromatic heterocycles. The van der Waals surface area contributed by atoms with E-state index in [-0.39, 0.29) is 17.7 Å². The van der Waals surface area contributed by atoms with Crippen molar-refractivity contribution in [2.75, 3.05) is 0 Å². The topological polar surface area (TPSA) is 128 Å². The standard InChI is InChI=1S/C20H18N4O4/c1-12-16(17(24-28-12)14-7-9-22-10-8-14)20(27)23-15(18(25)19(21)26)11-13-5-3-2-4-6-13/h2-10,15H,11H2,1H3,(H2,21,26)(H,23,27). The number of ketones is 1. The van der Waals surface area contributed by atoms with Crippen molar-refractivity contribution in [2.45, 2.75) is 19.4 Å². The van der Waals surface area contributed by atoms with Crippen LogP contribution in [0.4, 0.5) is 0 Å². The van der Waals surface area contributed by atoms with Gasteiger partial charge in [0.1, 0.15) is 23.1 Å². The fourth-order valence-electron chi connectivity index (χ4n) is 2.81. The second kappa shape index (κ2) is 8.26. The molecule has 3 rings (SSSR count). The third kappa shape index (κ3) is 4.12. The Hall–Kier alpha value is -3.81. The van der Waals surface area contributed by atoms with Crippen molar-refractivity contribution >= 4 is 17.6 Å². The van der Waals surface area contributed by atoms with Gasteiger partial charge in [0.15, 0.2) is 0 Å². The molecule has 2 amide bonds. The van der Waals surface area contributed by atoms with Crippen molar-refractivity contribution in [1.29, 1.82) is 0 Å². The van der Waals surface area contributed by atoms with Crippen LogP contribution in [0.5, 0.6) is 0 Å². The zero-order valence-corrected chi connectivity index (χ0v) is 15.1. The van der Waals surface area contributed by atoms with E-state index in [1.54, 1.807) is 55.7 Å². The van der Waals surface area contributed by atoms with Gasteiger partial charge in [0.2, 0.25) is 5.78 Å². The summed E-state index contributed by atoms with van der Waals surface area (Å²) in [6.45, 7) is 1.59. The summed E-state index contributed by atoms with van der Waals surface area (Å²) in [6, 6.07) is 11.3. The Morgan fingerprint density at radius 3 is 2.43 bits per heavy atom. The zero-order valence-electron chi connectivity index (χ0n) is 15.1. The van der Waals surface area contributed by atoms with Gasteiger partial charge < -0.3 is 15.6 Å². The van der Waals surface area contributed by atoms with E-state index in [2.05, 4.69) is 15.5 Å². The molecule has 0 aliphatic rings.